The van der Waals surface area contributed by atoms with Crippen LogP contribution in [0.4, 0.5) is 34.1 Å². The van der Waals surface area contributed by atoms with Crippen molar-refractivity contribution in [3.05, 3.63) is 272 Å². The lowest BCUT2D eigenvalue weighted by Gasteiger charge is -2.29. The van der Waals surface area contributed by atoms with Gasteiger partial charge in [0.1, 0.15) is 5.52 Å². The van der Waals surface area contributed by atoms with Gasteiger partial charge in [-0.25, -0.2) is 4.98 Å². The molecule has 13 rings (SSSR count). The molecule has 0 amide bonds. The van der Waals surface area contributed by atoms with Crippen molar-refractivity contribution in [2.24, 2.45) is 0 Å². The molecule has 1 aromatic heterocycles. The Bertz CT molecular complexity index is 3800. The van der Waals surface area contributed by atoms with Crippen LogP contribution in [0.1, 0.15) is 25.0 Å². The van der Waals surface area contributed by atoms with Gasteiger partial charge >= 0.3 is 0 Å². The Kier molecular flexibility index (Phi) is 10.5. The van der Waals surface area contributed by atoms with Crippen molar-refractivity contribution in [1.82, 2.24) is 4.98 Å². The minimum atomic E-state index is -0.306. The number of hydrogen-bond donors (Lipinski definition) is 0. The predicted octanol–water partition coefficient (Wildman–Crippen LogP) is 18.9. The predicted molar refractivity (Wildman–Crippen MR) is 300 cm³/mol. The Balaban J connectivity index is 0.880. The van der Waals surface area contributed by atoms with Gasteiger partial charge in [0.25, 0.3) is 0 Å². The minimum absolute atomic E-state index is 0.306. The molecule has 0 unspecified atom stereocenters. The summed E-state index contributed by atoms with van der Waals surface area (Å²) >= 11 is 0. The number of para-hydroxylation sites is 2. The normalized spacial score (nSPS) is 12.4. The Hall–Kier alpha value is -9.25. The maximum atomic E-state index is 6.20. The smallest absolute Gasteiger partial charge is 0.227 e. The summed E-state index contributed by atoms with van der Waals surface area (Å²) in [6.07, 6.45) is 0. The second-order valence-corrected chi connectivity index (χ2v) is 19.2. The van der Waals surface area contributed by atoms with Gasteiger partial charge < -0.3 is 14.2 Å². The number of hydrogen-bond acceptors (Lipinski definition) is 4. The maximum Gasteiger partial charge on any atom is 0.227 e. The molecule has 0 N–H and O–H groups in total. The lowest BCUT2D eigenvalue weighted by atomic mass is 9.82. The highest BCUT2D eigenvalue weighted by atomic mass is 16.3. The average molecular weight is 924 g/mol. The highest BCUT2D eigenvalue weighted by molar-refractivity contribution is 5.91. The van der Waals surface area contributed by atoms with E-state index in [1.54, 1.807) is 0 Å². The second kappa shape index (κ2) is 17.6. The fourth-order valence-corrected chi connectivity index (χ4v) is 10.7. The molecular weight excluding hydrogens is 875 g/mol. The first kappa shape index (κ1) is 42.8. The Morgan fingerprint density at radius 1 is 0.319 bits per heavy atom. The van der Waals surface area contributed by atoms with E-state index in [4.69, 9.17) is 9.40 Å². The van der Waals surface area contributed by atoms with E-state index >= 15 is 0 Å². The summed E-state index contributed by atoms with van der Waals surface area (Å²) in [6, 6.07) is 93.8. The number of rotatable bonds is 10. The zero-order valence-corrected chi connectivity index (χ0v) is 40.1. The monoisotopic (exact) mass is 923 g/mol. The van der Waals surface area contributed by atoms with Gasteiger partial charge in [-0.2, -0.15) is 0 Å². The number of benzene rings is 11. The summed E-state index contributed by atoms with van der Waals surface area (Å²) in [5.41, 5.74) is 21.0. The molecule has 1 heterocycles. The molecule has 1 aliphatic rings. The summed E-state index contributed by atoms with van der Waals surface area (Å²) < 4.78 is 6.20. The Morgan fingerprint density at radius 3 is 1.21 bits per heavy atom. The standard InChI is InChI=1S/C68H49N3O/c1-68(2)63-44-59(70(55-31-23-49(24-32-55)46-13-5-3-6-14-46)56-33-25-50(26-34-56)47-15-7-4-8-16-47)39-41-61(63)62-42-40-60(45-64(62)68)71(58-37-29-52(30-38-58)67-69-65-19-11-12-20-66(65)72-67)57-35-27-51(28-36-57)54-22-21-48-17-9-10-18-53(48)43-54/h3-45H,1-2H3. The maximum absolute atomic E-state index is 6.20. The number of fused-ring (bicyclic) bond motifs is 5. The third-order valence-electron chi connectivity index (χ3n) is 14.5. The molecule has 0 atom stereocenters. The van der Waals surface area contributed by atoms with Gasteiger partial charge in [-0.1, -0.05) is 172 Å². The van der Waals surface area contributed by atoms with E-state index < -0.39 is 0 Å². The lowest BCUT2D eigenvalue weighted by molar-refractivity contribution is 0.620. The van der Waals surface area contributed by atoms with E-state index in [9.17, 15) is 0 Å². The van der Waals surface area contributed by atoms with Crippen molar-refractivity contribution in [3.8, 4) is 56.0 Å². The highest BCUT2D eigenvalue weighted by Crippen LogP contribution is 2.53. The molecule has 0 fully saturated rings. The van der Waals surface area contributed by atoms with Crippen molar-refractivity contribution in [1.29, 1.82) is 0 Å². The quantitative estimate of drug-likeness (QED) is 0.137. The molecule has 0 aliphatic heterocycles. The third kappa shape index (κ3) is 7.71. The van der Waals surface area contributed by atoms with Crippen molar-refractivity contribution >= 4 is 56.0 Å². The van der Waals surface area contributed by atoms with Crippen molar-refractivity contribution < 1.29 is 4.42 Å². The first-order chi connectivity index (χ1) is 35.4. The summed E-state index contributed by atoms with van der Waals surface area (Å²) in [7, 11) is 0. The molecule has 0 spiro atoms. The molecule has 0 saturated heterocycles. The highest BCUT2D eigenvalue weighted by Gasteiger charge is 2.37. The van der Waals surface area contributed by atoms with Crippen LogP contribution in [-0.2, 0) is 5.41 Å². The molecule has 0 bridgehead atoms. The number of oxazole rings is 1. The Morgan fingerprint density at radius 2 is 0.708 bits per heavy atom. The van der Waals surface area contributed by atoms with Gasteiger partial charge in [0.2, 0.25) is 5.89 Å². The molecule has 12 aromatic rings. The molecule has 1 aliphatic carbocycles. The van der Waals surface area contributed by atoms with Gasteiger partial charge in [-0.05, 0) is 170 Å². The lowest BCUT2D eigenvalue weighted by Crippen LogP contribution is -2.17. The molecular formula is C68H49N3O. The first-order valence-electron chi connectivity index (χ1n) is 24.7. The molecule has 0 radical (unpaired) electrons. The van der Waals surface area contributed by atoms with Gasteiger partial charge in [-0.15, -0.1) is 0 Å². The largest absolute Gasteiger partial charge is 0.436 e. The van der Waals surface area contributed by atoms with Crippen LogP contribution in [0.25, 0.3) is 77.8 Å². The van der Waals surface area contributed by atoms with Gasteiger partial charge in [0, 0.05) is 45.1 Å². The van der Waals surface area contributed by atoms with Crippen LogP contribution in [-0.4, -0.2) is 4.98 Å². The average Bonchev–Trinajstić information content (AvgIpc) is 3.98. The second-order valence-electron chi connectivity index (χ2n) is 19.2. The fraction of sp³-hybridized carbons (Fsp3) is 0.0441. The summed E-state index contributed by atoms with van der Waals surface area (Å²) in [4.78, 5) is 9.56. The van der Waals surface area contributed by atoms with Gasteiger partial charge in [0.15, 0.2) is 5.58 Å². The number of anilines is 6. The Labute approximate surface area is 420 Å². The van der Waals surface area contributed by atoms with Crippen LogP contribution >= 0.6 is 0 Å². The van der Waals surface area contributed by atoms with Crippen molar-refractivity contribution in [3.63, 3.8) is 0 Å². The minimum Gasteiger partial charge on any atom is -0.436 e. The molecule has 0 saturated carbocycles. The van der Waals surface area contributed by atoms with Crippen LogP contribution in [0.15, 0.2) is 265 Å². The summed E-state index contributed by atoms with van der Waals surface area (Å²) in [6.45, 7) is 4.74. The molecule has 4 heteroatoms. The molecule has 11 aromatic carbocycles. The van der Waals surface area contributed by atoms with Gasteiger partial charge in [-0.3, -0.25) is 0 Å². The van der Waals surface area contributed by atoms with E-state index in [0.29, 0.717) is 5.89 Å². The SMILES string of the molecule is CC1(C)c2cc(N(c3ccc(-c4ccccc4)cc3)c3ccc(-c4ccccc4)cc3)ccc2-c2ccc(N(c3ccc(-c4ccc5ccccc5c4)cc3)c3ccc(-c4nc5ccccc5o4)cc3)cc21. The van der Waals surface area contributed by atoms with E-state index in [1.807, 2.05) is 24.3 Å². The van der Waals surface area contributed by atoms with Crippen molar-refractivity contribution in [2.45, 2.75) is 19.3 Å². The third-order valence-corrected chi connectivity index (χ3v) is 14.5. The van der Waals surface area contributed by atoms with E-state index in [-0.39, 0.29) is 5.41 Å². The number of aromatic nitrogens is 1. The van der Waals surface area contributed by atoms with Crippen LogP contribution in [0.5, 0.6) is 0 Å². The first-order valence-corrected chi connectivity index (χ1v) is 24.7. The van der Waals surface area contributed by atoms with Crippen molar-refractivity contribution in [2.75, 3.05) is 9.80 Å². The zero-order chi connectivity index (χ0) is 48.2. The van der Waals surface area contributed by atoms with Crippen LogP contribution in [0.2, 0.25) is 0 Å². The van der Waals surface area contributed by atoms with Crippen LogP contribution in [0.3, 0.4) is 0 Å². The summed E-state index contributed by atoms with van der Waals surface area (Å²) in [5, 5.41) is 2.47. The molecule has 4 nitrogen and oxygen atoms in total. The number of nitrogens with zero attached hydrogens (tertiary/aromatic N) is 3. The molecule has 342 valence electrons. The van der Waals surface area contributed by atoms with E-state index in [1.165, 1.54) is 66.4 Å². The van der Waals surface area contributed by atoms with Crippen LogP contribution in [0, 0.1) is 0 Å². The summed E-state index contributed by atoms with van der Waals surface area (Å²) in [5.74, 6) is 0.609. The van der Waals surface area contributed by atoms with Gasteiger partial charge in [0.05, 0.1) is 0 Å². The zero-order valence-electron chi connectivity index (χ0n) is 40.1. The molecule has 72 heavy (non-hydrogen) atoms. The van der Waals surface area contributed by atoms with E-state index in [2.05, 4.69) is 260 Å². The van der Waals surface area contributed by atoms with Crippen LogP contribution < -0.4 is 9.80 Å². The topological polar surface area (TPSA) is 32.5 Å². The fourth-order valence-electron chi connectivity index (χ4n) is 10.7. The van der Waals surface area contributed by atoms with E-state index in [0.717, 1.165) is 50.8 Å².